The Hall–Kier alpha value is -1.98. The first kappa shape index (κ1) is 7.66. The number of anilines is 2. The topological polar surface area (TPSA) is 103 Å². The second-order valence-corrected chi connectivity index (χ2v) is 2.85. The zero-order chi connectivity index (χ0) is 9.59. The maximum atomic E-state index is 11.4. The van der Waals surface area contributed by atoms with E-state index in [-0.39, 0.29) is 11.5 Å². The van der Waals surface area contributed by atoms with Crippen molar-refractivity contribution in [3.63, 3.8) is 0 Å². The van der Waals surface area contributed by atoms with Crippen molar-refractivity contribution >= 4 is 22.7 Å². The summed E-state index contributed by atoms with van der Waals surface area (Å²) < 4.78 is 1.66. The minimum Gasteiger partial charge on any atom is -0.397 e. The van der Waals surface area contributed by atoms with Gasteiger partial charge in [0.1, 0.15) is 5.39 Å². The van der Waals surface area contributed by atoms with Gasteiger partial charge in [-0.15, -0.1) is 0 Å². The summed E-state index contributed by atoms with van der Waals surface area (Å²) in [5.74, 6) is 0.0960. The van der Waals surface area contributed by atoms with Crippen LogP contribution in [0.1, 0.15) is 0 Å². The van der Waals surface area contributed by atoms with Crippen LogP contribution >= 0.6 is 0 Å². The van der Waals surface area contributed by atoms with Gasteiger partial charge < -0.3 is 16.0 Å². The monoisotopic (exact) mass is 179 g/mol. The molecule has 0 fully saturated rings. The Balaban J connectivity index is 3.06. The number of H-pyrrole nitrogens is 1. The van der Waals surface area contributed by atoms with Crippen LogP contribution in [0.3, 0.4) is 0 Å². The largest absolute Gasteiger partial charge is 0.397 e. The molecule has 5 N–H and O–H groups in total. The number of aryl methyl sites for hydroxylation is 1. The highest BCUT2D eigenvalue weighted by atomic mass is 16.1. The van der Waals surface area contributed by atoms with Gasteiger partial charge in [0, 0.05) is 13.2 Å². The molecule has 6 nitrogen and oxygen atoms in total. The van der Waals surface area contributed by atoms with Gasteiger partial charge in [0.05, 0.1) is 5.69 Å². The van der Waals surface area contributed by atoms with Crippen LogP contribution in [0.4, 0.5) is 11.6 Å². The van der Waals surface area contributed by atoms with Crippen LogP contribution in [0.2, 0.25) is 0 Å². The molecule has 2 heterocycles. The standard InChI is InChI=1S/C7H9N5O/c1-12-2-3(8)4-5(12)10-7(9)11-6(4)13/h2H,8H2,1H3,(H3,9,10,11,13). The van der Waals surface area contributed by atoms with Crippen LogP contribution in [-0.4, -0.2) is 14.5 Å². The predicted molar refractivity (Wildman–Crippen MR) is 50.2 cm³/mol. The van der Waals surface area contributed by atoms with Crippen molar-refractivity contribution in [3.8, 4) is 0 Å². The number of hydrogen-bond acceptors (Lipinski definition) is 4. The Kier molecular flexibility index (Phi) is 1.33. The van der Waals surface area contributed by atoms with Crippen molar-refractivity contribution in [1.82, 2.24) is 14.5 Å². The van der Waals surface area contributed by atoms with E-state index in [2.05, 4.69) is 9.97 Å². The molecule has 0 amide bonds. The molecule has 13 heavy (non-hydrogen) atoms. The summed E-state index contributed by atoms with van der Waals surface area (Å²) in [7, 11) is 1.75. The van der Waals surface area contributed by atoms with E-state index in [1.54, 1.807) is 17.8 Å². The lowest BCUT2D eigenvalue weighted by molar-refractivity contribution is 0.945. The first-order valence-electron chi connectivity index (χ1n) is 3.70. The molecule has 0 aliphatic carbocycles. The van der Waals surface area contributed by atoms with Gasteiger partial charge in [0.25, 0.3) is 5.56 Å². The van der Waals surface area contributed by atoms with Gasteiger partial charge in [0.15, 0.2) is 5.65 Å². The third-order valence-corrected chi connectivity index (χ3v) is 1.87. The molecule has 68 valence electrons. The molecule has 6 heteroatoms. The summed E-state index contributed by atoms with van der Waals surface area (Å²) >= 11 is 0. The lowest BCUT2D eigenvalue weighted by Gasteiger charge is -1.95. The van der Waals surface area contributed by atoms with E-state index >= 15 is 0 Å². The summed E-state index contributed by atoms with van der Waals surface area (Å²) in [5.41, 5.74) is 11.6. The zero-order valence-corrected chi connectivity index (χ0v) is 7.03. The van der Waals surface area contributed by atoms with Crippen LogP contribution in [0.25, 0.3) is 11.0 Å². The van der Waals surface area contributed by atoms with Gasteiger partial charge in [-0.25, -0.2) is 0 Å². The summed E-state index contributed by atoms with van der Waals surface area (Å²) in [6.07, 6.45) is 1.63. The minimum absolute atomic E-state index is 0.0960. The molecule has 0 saturated carbocycles. The molecule has 2 aromatic heterocycles. The quantitative estimate of drug-likeness (QED) is 0.503. The Bertz CT molecular complexity index is 523. The number of nitrogens with one attached hydrogen (secondary N) is 1. The smallest absolute Gasteiger partial charge is 0.263 e. The Morgan fingerprint density at radius 2 is 2.23 bits per heavy atom. The van der Waals surface area contributed by atoms with E-state index in [1.165, 1.54) is 0 Å². The Labute approximate surface area is 73.2 Å². The molecule has 0 saturated heterocycles. The molecular formula is C7H9N5O. The van der Waals surface area contributed by atoms with Gasteiger partial charge in [-0.1, -0.05) is 0 Å². The number of nitrogens with two attached hydrogens (primary N) is 2. The van der Waals surface area contributed by atoms with E-state index < -0.39 is 0 Å². The molecule has 0 aromatic carbocycles. The molecule has 0 radical (unpaired) electrons. The average Bonchev–Trinajstić information content (AvgIpc) is 2.27. The highest BCUT2D eigenvalue weighted by Gasteiger charge is 2.09. The molecule has 2 rings (SSSR count). The number of nitrogen functional groups attached to an aromatic ring is 2. The second-order valence-electron chi connectivity index (χ2n) is 2.85. The normalized spacial score (nSPS) is 10.8. The van der Waals surface area contributed by atoms with Gasteiger partial charge in [-0.2, -0.15) is 4.98 Å². The van der Waals surface area contributed by atoms with Crippen LogP contribution in [-0.2, 0) is 7.05 Å². The van der Waals surface area contributed by atoms with Crippen molar-refractivity contribution in [2.75, 3.05) is 11.5 Å². The molecule has 0 aliphatic heterocycles. The van der Waals surface area contributed by atoms with E-state index in [0.29, 0.717) is 16.7 Å². The van der Waals surface area contributed by atoms with Crippen LogP contribution < -0.4 is 17.0 Å². The second kappa shape index (κ2) is 2.25. The fourth-order valence-corrected chi connectivity index (χ4v) is 1.33. The van der Waals surface area contributed by atoms with Gasteiger partial charge >= 0.3 is 0 Å². The Morgan fingerprint density at radius 1 is 1.54 bits per heavy atom. The lowest BCUT2D eigenvalue weighted by Crippen LogP contribution is -2.11. The molecule has 0 atom stereocenters. The molecule has 0 bridgehead atoms. The number of aromatic amines is 1. The first-order chi connectivity index (χ1) is 6.09. The first-order valence-corrected chi connectivity index (χ1v) is 3.70. The van der Waals surface area contributed by atoms with E-state index in [4.69, 9.17) is 11.5 Å². The number of nitrogens with zero attached hydrogens (tertiary/aromatic N) is 2. The van der Waals surface area contributed by atoms with Crippen LogP contribution in [0.15, 0.2) is 11.0 Å². The number of fused-ring (bicyclic) bond motifs is 1. The maximum Gasteiger partial charge on any atom is 0.263 e. The number of rotatable bonds is 0. The van der Waals surface area contributed by atoms with Crippen molar-refractivity contribution < 1.29 is 0 Å². The highest BCUT2D eigenvalue weighted by Crippen LogP contribution is 2.16. The molecule has 0 unspecified atom stereocenters. The third kappa shape index (κ3) is 0.952. The summed E-state index contributed by atoms with van der Waals surface area (Å²) in [5, 5.41) is 0.386. The molecule has 0 aliphatic rings. The molecular weight excluding hydrogens is 170 g/mol. The van der Waals surface area contributed by atoms with Crippen molar-refractivity contribution in [1.29, 1.82) is 0 Å². The summed E-state index contributed by atoms with van der Waals surface area (Å²) in [4.78, 5) is 17.7. The van der Waals surface area contributed by atoms with Crippen LogP contribution in [0.5, 0.6) is 0 Å². The van der Waals surface area contributed by atoms with Crippen molar-refractivity contribution in [2.24, 2.45) is 7.05 Å². The molecule has 0 spiro atoms. The molecule has 2 aromatic rings. The lowest BCUT2D eigenvalue weighted by atomic mass is 10.4. The van der Waals surface area contributed by atoms with E-state index in [0.717, 1.165) is 0 Å². The fourth-order valence-electron chi connectivity index (χ4n) is 1.33. The predicted octanol–water partition coefficient (Wildman–Crippen LogP) is -0.574. The van der Waals surface area contributed by atoms with Crippen LogP contribution in [0, 0.1) is 0 Å². The van der Waals surface area contributed by atoms with Crippen molar-refractivity contribution in [3.05, 3.63) is 16.6 Å². The Morgan fingerprint density at radius 3 is 2.92 bits per heavy atom. The minimum atomic E-state index is -0.305. The third-order valence-electron chi connectivity index (χ3n) is 1.87. The fraction of sp³-hybridized carbons (Fsp3) is 0.143. The maximum absolute atomic E-state index is 11.4. The van der Waals surface area contributed by atoms with E-state index in [1.807, 2.05) is 0 Å². The van der Waals surface area contributed by atoms with Crippen molar-refractivity contribution in [2.45, 2.75) is 0 Å². The van der Waals surface area contributed by atoms with E-state index in [9.17, 15) is 4.79 Å². The number of hydrogen-bond donors (Lipinski definition) is 3. The number of aromatic nitrogens is 3. The summed E-state index contributed by atoms with van der Waals surface area (Å²) in [6, 6.07) is 0. The van der Waals surface area contributed by atoms with Gasteiger partial charge in [0.2, 0.25) is 5.95 Å². The van der Waals surface area contributed by atoms with Gasteiger partial charge in [-0.05, 0) is 0 Å². The van der Waals surface area contributed by atoms with Gasteiger partial charge in [-0.3, -0.25) is 9.78 Å². The average molecular weight is 179 g/mol. The summed E-state index contributed by atoms with van der Waals surface area (Å²) in [6.45, 7) is 0. The highest BCUT2D eigenvalue weighted by molar-refractivity contribution is 5.88. The zero-order valence-electron chi connectivity index (χ0n) is 7.03. The SMILES string of the molecule is Cn1cc(N)c2c(=O)[nH]c(N)nc21.